The molecule has 2 nitrogen and oxygen atoms in total. The van der Waals surface area contributed by atoms with Crippen LogP contribution in [-0.4, -0.2) is 9.55 Å². The Bertz CT molecular complexity index is 837. The van der Waals surface area contributed by atoms with E-state index in [1.807, 2.05) is 6.20 Å². The number of imidazole rings is 1. The Labute approximate surface area is 177 Å². The van der Waals surface area contributed by atoms with Crippen LogP contribution in [0.25, 0.3) is 0 Å². The number of hydrogen-bond donors (Lipinski definition) is 0. The van der Waals surface area contributed by atoms with Gasteiger partial charge in [0.1, 0.15) is 5.82 Å². The predicted molar refractivity (Wildman–Crippen MR) is 123 cm³/mol. The molecule has 2 unspecified atom stereocenters. The summed E-state index contributed by atoms with van der Waals surface area (Å²) in [5, 5.41) is 0. The molecule has 0 radical (unpaired) electrons. The van der Waals surface area contributed by atoms with Gasteiger partial charge in [0.25, 0.3) is 0 Å². The van der Waals surface area contributed by atoms with Gasteiger partial charge in [-0.15, -0.1) is 0 Å². The van der Waals surface area contributed by atoms with E-state index < -0.39 is 0 Å². The Kier molecular flexibility index (Phi) is 7.69. The summed E-state index contributed by atoms with van der Waals surface area (Å²) in [6.45, 7) is 8.06. The van der Waals surface area contributed by atoms with E-state index in [9.17, 15) is 0 Å². The zero-order valence-corrected chi connectivity index (χ0v) is 18.3. The van der Waals surface area contributed by atoms with Crippen molar-refractivity contribution < 1.29 is 0 Å². The van der Waals surface area contributed by atoms with Crippen LogP contribution in [-0.2, 0) is 18.4 Å². The summed E-state index contributed by atoms with van der Waals surface area (Å²) in [5.74, 6) is 1.64. The van der Waals surface area contributed by atoms with Crippen LogP contribution in [0, 0.1) is 0 Å². The van der Waals surface area contributed by atoms with Crippen molar-refractivity contribution in [1.82, 2.24) is 9.55 Å². The highest BCUT2D eigenvalue weighted by Gasteiger charge is 2.39. The first-order valence-electron chi connectivity index (χ1n) is 11.3. The fraction of sp³-hybridized carbons (Fsp3) is 0.444. The molecule has 1 aromatic heterocycles. The van der Waals surface area contributed by atoms with Gasteiger partial charge < -0.3 is 4.57 Å². The van der Waals surface area contributed by atoms with Crippen LogP contribution in [0.4, 0.5) is 0 Å². The largest absolute Gasteiger partial charge is 0.335 e. The molecule has 29 heavy (non-hydrogen) atoms. The summed E-state index contributed by atoms with van der Waals surface area (Å²) in [6.07, 6.45) is 11.2. The number of benzene rings is 2. The van der Waals surface area contributed by atoms with E-state index in [4.69, 9.17) is 4.98 Å². The molecule has 2 aromatic carbocycles. The molecule has 2 atom stereocenters. The number of unbranched alkanes of at least 4 members (excludes halogenated alkanes) is 2. The molecular weight excluding hydrogens is 352 g/mol. The normalized spacial score (nSPS) is 14.4. The number of aryl methyl sites for hydroxylation is 1. The van der Waals surface area contributed by atoms with E-state index in [1.54, 1.807) is 0 Å². The lowest BCUT2D eigenvalue weighted by Crippen LogP contribution is -2.35. The van der Waals surface area contributed by atoms with E-state index in [-0.39, 0.29) is 5.41 Å². The first-order valence-corrected chi connectivity index (χ1v) is 11.3. The second-order valence-corrected chi connectivity index (χ2v) is 8.47. The predicted octanol–water partition coefficient (Wildman–Crippen LogP) is 7.16. The summed E-state index contributed by atoms with van der Waals surface area (Å²) in [4.78, 5) is 4.92. The third-order valence-corrected chi connectivity index (χ3v) is 6.27. The van der Waals surface area contributed by atoms with Gasteiger partial charge in [-0.05, 0) is 30.4 Å². The third-order valence-electron chi connectivity index (χ3n) is 6.27. The van der Waals surface area contributed by atoms with Crippen molar-refractivity contribution in [2.24, 2.45) is 0 Å². The fourth-order valence-electron chi connectivity index (χ4n) is 4.55. The lowest BCUT2D eigenvalue weighted by Gasteiger charge is -2.39. The number of hydrogen-bond acceptors (Lipinski definition) is 1. The second kappa shape index (κ2) is 10.4. The minimum Gasteiger partial charge on any atom is -0.335 e. The Morgan fingerprint density at radius 2 is 1.55 bits per heavy atom. The van der Waals surface area contributed by atoms with Crippen molar-refractivity contribution in [3.8, 4) is 0 Å². The van der Waals surface area contributed by atoms with Gasteiger partial charge >= 0.3 is 0 Å². The van der Waals surface area contributed by atoms with Gasteiger partial charge in [-0.1, -0.05) is 101 Å². The SMILES string of the molecule is CCCCC(c1nccn1CCCC)C(C)(Cc1ccccc1)c1ccccc1. The number of aromatic nitrogens is 2. The number of rotatable bonds is 11. The molecule has 3 aromatic rings. The highest BCUT2D eigenvalue weighted by Crippen LogP contribution is 2.44. The van der Waals surface area contributed by atoms with Gasteiger partial charge in [0, 0.05) is 30.3 Å². The van der Waals surface area contributed by atoms with E-state index in [0.29, 0.717) is 5.92 Å². The zero-order chi connectivity index (χ0) is 20.5. The van der Waals surface area contributed by atoms with Crippen molar-refractivity contribution in [2.75, 3.05) is 0 Å². The average molecular weight is 389 g/mol. The molecule has 0 N–H and O–H groups in total. The molecule has 0 fully saturated rings. The lowest BCUT2D eigenvalue weighted by molar-refractivity contribution is 0.324. The topological polar surface area (TPSA) is 17.8 Å². The quantitative estimate of drug-likeness (QED) is 0.341. The first-order chi connectivity index (χ1) is 14.2. The van der Waals surface area contributed by atoms with E-state index >= 15 is 0 Å². The van der Waals surface area contributed by atoms with Crippen molar-refractivity contribution in [3.63, 3.8) is 0 Å². The van der Waals surface area contributed by atoms with E-state index in [1.165, 1.54) is 42.6 Å². The van der Waals surface area contributed by atoms with Crippen molar-refractivity contribution in [1.29, 1.82) is 0 Å². The summed E-state index contributed by atoms with van der Waals surface area (Å²) in [6, 6.07) is 22.0. The molecule has 0 aliphatic carbocycles. The standard InChI is InChI=1S/C27H36N2/c1-4-6-18-25(26-28-19-21-29(26)20-7-5-2)27(3,24-16-12-9-13-17-24)22-23-14-10-8-11-15-23/h8-17,19,21,25H,4-7,18,20,22H2,1-3H3. The molecule has 1 heterocycles. The van der Waals surface area contributed by atoms with Crippen LogP contribution in [0.15, 0.2) is 73.1 Å². The van der Waals surface area contributed by atoms with Crippen LogP contribution in [0.2, 0.25) is 0 Å². The number of nitrogens with zero attached hydrogens (tertiary/aromatic N) is 2. The molecule has 0 aliphatic rings. The molecular formula is C27H36N2. The maximum Gasteiger partial charge on any atom is 0.112 e. The summed E-state index contributed by atoms with van der Waals surface area (Å²) < 4.78 is 2.41. The van der Waals surface area contributed by atoms with Gasteiger partial charge in [0.15, 0.2) is 0 Å². The molecule has 154 valence electrons. The van der Waals surface area contributed by atoms with Crippen LogP contribution < -0.4 is 0 Å². The summed E-state index contributed by atoms with van der Waals surface area (Å²) in [5.41, 5.74) is 2.80. The maximum atomic E-state index is 4.92. The Morgan fingerprint density at radius 3 is 2.21 bits per heavy atom. The van der Waals surface area contributed by atoms with Crippen LogP contribution in [0.3, 0.4) is 0 Å². The maximum absolute atomic E-state index is 4.92. The Morgan fingerprint density at radius 1 is 0.897 bits per heavy atom. The van der Waals surface area contributed by atoms with E-state index in [0.717, 1.165) is 19.4 Å². The van der Waals surface area contributed by atoms with E-state index in [2.05, 4.69) is 92.2 Å². The van der Waals surface area contributed by atoms with Gasteiger partial charge in [-0.25, -0.2) is 4.98 Å². The Balaban J connectivity index is 2.07. The molecule has 0 saturated carbocycles. The molecule has 0 aliphatic heterocycles. The summed E-state index contributed by atoms with van der Waals surface area (Å²) in [7, 11) is 0. The molecule has 0 bridgehead atoms. The molecule has 0 amide bonds. The summed E-state index contributed by atoms with van der Waals surface area (Å²) >= 11 is 0. The van der Waals surface area contributed by atoms with Crippen LogP contribution >= 0.6 is 0 Å². The van der Waals surface area contributed by atoms with Gasteiger partial charge in [0.2, 0.25) is 0 Å². The van der Waals surface area contributed by atoms with Crippen LogP contribution in [0.5, 0.6) is 0 Å². The third kappa shape index (κ3) is 5.18. The highest BCUT2D eigenvalue weighted by molar-refractivity contribution is 5.33. The molecule has 2 heteroatoms. The van der Waals surface area contributed by atoms with Gasteiger partial charge in [-0.2, -0.15) is 0 Å². The van der Waals surface area contributed by atoms with Crippen molar-refractivity contribution in [2.45, 2.75) is 77.2 Å². The lowest BCUT2D eigenvalue weighted by atomic mass is 9.66. The molecule has 0 saturated heterocycles. The van der Waals surface area contributed by atoms with Gasteiger partial charge in [-0.3, -0.25) is 0 Å². The first kappa shape index (κ1) is 21.4. The monoisotopic (exact) mass is 388 g/mol. The fourth-order valence-corrected chi connectivity index (χ4v) is 4.55. The molecule has 3 rings (SSSR count). The smallest absolute Gasteiger partial charge is 0.112 e. The minimum absolute atomic E-state index is 0.00684. The van der Waals surface area contributed by atoms with Gasteiger partial charge in [0.05, 0.1) is 0 Å². The minimum atomic E-state index is -0.00684. The second-order valence-electron chi connectivity index (χ2n) is 8.47. The Hall–Kier alpha value is -2.35. The average Bonchev–Trinajstić information content (AvgIpc) is 3.22. The van der Waals surface area contributed by atoms with Crippen LogP contribution in [0.1, 0.15) is 75.7 Å². The zero-order valence-electron chi connectivity index (χ0n) is 18.3. The van der Waals surface area contributed by atoms with Crippen molar-refractivity contribution >= 4 is 0 Å². The van der Waals surface area contributed by atoms with Crippen molar-refractivity contribution in [3.05, 3.63) is 90.0 Å². The molecule has 0 spiro atoms. The highest BCUT2D eigenvalue weighted by atomic mass is 15.1.